The summed E-state index contributed by atoms with van der Waals surface area (Å²) in [6, 6.07) is 12.0. The molecule has 0 spiro atoms. The Labute approximate surface area is 196 Å². The molecule has 7 heteroatoms. The Morgan fingerprint density at radius 3 is 2.52 bits per heavy atom. The second-order valence-electron chi connectivity index (χ2n) is 9.39. The van der Waals surface area contributed by atoms with Crippen molar-refractivity contribution in [2.75, 3.05) is 58.3 Å². The first-order valence-electron chi connectivity index (χ1n) is 12.0. The van der Waals surface area contributed by atoms with Gasteiger partial charge in [-0.15, -0.1) is 0 Å². The average Bonchev–Trinajstić information content (AvgIpc) is 3.34. The minimum Gasteiger partial charge on any atom is -0.496 e. The van der Waals surface area contributed by atoms with Crippen LogP contribution in [0.2, 0.25) is 0 Å². The number of nitrogens with one attached hydrogen (secondary N) is 1. The van der Waals surface area contributed by atoms with Crippen molar-refractivity contribution in [3.05, 3.63) is 59.7 Å². The van der Waals surface area contributed by atoms with Crippen LogP contribution in [0.15, 0.2) is 42.6 Å². The molecule has 5 rings (SSSR count). The predicted molar refractivity (Wildman–Crippen MR) is 130 cm³/mol. The number of piperazine rings is 1. The molecule has 1 atom stereocenters. The Bertz CT molecular complexity index is 996. The number of ether oxygens (including phenoxy) is 1. The Morgan fingerprint density at radius 1 is 1.00 bits per heavy atom. The van der Waals surface area contributed by atoms with E-state index in [0.29, 0.717) is 17.7 Å². The molecule has 1 aromatic carbocycles. The van der Waals surface area contributed by atoms with E-state index in [4.69, 9.17) is 9.72 Å². The fourth-order valence-corrected chi connectivity index (χ4v) is 5.38. The molecule has 1 unspecified atom stereocenters. The van der Waals surface area contributed by atoms with Gasteiger partial charge in [0.2, 0.25) is 0 Å². The summed E-state index contributed by atoms with van der Waals surface area (Å²) in [4.78, 5) is 12.5. The van der Waals surface area contributed by atoms with E-state index in [-0.39, 0.29) is 11.9 Å². The molecular formula is C26H34FN5O. The largest absolute Gasteiger partial charge is 0.496 e. The first-order valence-corrected chi connectivity index (χ1v) is 12.0. The third kappa shape index (κ3) is 4.70. The molecule has 3 aliphatic heterocycles. The molecule has 0 aliphatic carbocycles. The summed E-state index contributed by atoms with van der Waals surface area (Å²) in [5.74, 6) is 1.34. The van der Waals surface area contributed by atoms with E-state index in [1.165, 1.54) is 32.0 Å². The van der Waals surface area contributed by atoms with Crippen LogP contribution < -0.4 is 15.0 Å². The van der Waals surface area contributed by atoms with Crippen LogP contribution in [0.5, 0.6) is 5.75 Å². The topological polar surface area (TPSA) is 43.9 Å². The lowest BCUT2D eigenvalue weighted by atomic mass is 9.99. The monoisotopic (exact) mass is 451 g/mol. The van der Waals surface area contributed by atoms with Crippen LogP contribution in [0, 0.1) is 5.82 Å². The summed E-state index contributed by atoms with van der Waals surface area (Å²) in [6.45, 7) is 6.63. The van der Waals surface area contributed by atoms with Crippen LogP contribution in [0.25, 0.3) is 5.57 Å². The number of rotatable bonds is 5. The smallest absolute Gasteiger partial charge is 0.134 e. The van der Waals surface area contributed by atoms with Gasteiger partial charge in [-0.3, -0.25) is 4.90 Å². The van der Waals surface area contributed by atoms with Gasteiger partial charge in [0.25, 0.3) is 0 Å². The summed E-state index contributed by atoms with van der Waals surface area (Å²) in [5.41, 5.74) is 2.44. The van der Waals surface area contributed by atoms with Crippen LogP contribution in [-0.4, -0.2) is 74.3 Å². The van der Waals surface area contributed by atoms with Gasteiger partial charge in [-0.05, 0) is 62.8 Å². The molecule has 0 amide bonds. The summed E-state index contributed by atoms with van der Waals surface area (Å²) >= 11 is 0. The Hall–Kier alpha value is -2.64. The molecule has 176 valence electrons. The van der Waals surface area contributed by atoms with Gasteiger partial charge in [-0.1, -0.05) is 12.1 Å². The van der Waals surface area contributed by atoms with Crippen LogP contribution in [0.3, 0.4) is 0 Å². The highest BCUT2D eigenvalue weighted by Gasteiger charge is 2.28. The highest BCUT2D eigenvalue weighted by Crippen LogP contribution is 2.37. The Morgan fingerprint density at radius 2 is 1.76 bits per heavy atom. The van der Waals surface area contributed by atoms with E-state index < -0.39 is 0 Å². The van der Waals surface area contributed by atoms with Gasteiger partial charge in [0, 0.05) is 44.8 Å². The highest BCUT2D eigenvalue weighted by atomic mass is 19.1. The quantitative estimate of drug-likeness (QED) is 0.751. The van der Waals surface area contributed by atoms with Crippen molar-refractivity contribution in [1.82, 2.24) is 20.1 Å². The molecule has 0 saturated carbocycles. The fraction of sp³-hybridized carbons (Fsp3) is 0.500. The predicted octanol–water partition coefficient (Wildman–Crippen LogP) is 3.52. The maximum atomic E-state index is 14.5. The van der Waals surface area contributed by atoms with Gasteiger partial charge >= 0.3 is 0 Å². The molecule has 1 N–H and O–H groups in total. The molecule has 6 nitrogen and oxygen atoms in total. The van der Waals surface area contributed by atoms with Crippen molar-refractivity contribution < 1.29 is 9.13 Å². The molecule has 4 heterocycles. The van der Waals surface area contributed by atoms with Crippen LogP contribution in [0.4, 0.5) is 10.2 Å². The first kappa shape index (κ1) is 22.2. The molecule has 3 aliphatic rings. The van der Waals surface area contributed by atoms with Crippen molar-refractivity contribution in [2.24, 2.45) is 0 Å². The Kier molecular flexibility index (Phi) is 6.51. The van der Waals surface area contributed by atoms with Gasteiger partial charge in [0.1, 0.15) is 17.4 Å². The SMILES string of the molecule is COc1cccc(F)c1C1=CNC(c2cccc(N3CCN(C4CCN(C)CC4)CC3)n2)C1. The minimum absolute atomic E-state index is 0.0322. The van der Waals surface area contributed by atoms with E-state index in [9.17, 15) is 4.39 Å². The lowest BCUT2D eigenvalue weighted by molar-refractivity contribution is 0.115. The number of piperidine rings is 1. The van der Waals surface area contributed by atoms with Crippen molar-refractivity contribution >= 4 is 11.4 Å². The van der Waals surface area contributed by atoms with Gasteiger partial charge in [0.15, 0.2) is 0 Å². The third-order valence-electron chi connectivity index (χ3n) is 7.35. The summed E-state index contributed by atoms with van der Waals surface area (Å²) in [6.07, 6.45) is 5.14. The van der Waals surface area contributed by atoms with E-state index in [2.05, 4.69) is 45.3 Å². The van der Waals surface area contributed by atoms with E-state index in [1.807, 2.05) is 6.20 Å². The summed E-state index contributed by atoms with van der Waals surface area (Å²) < 4.78 is 19.9. The number of hydrogen-bond acceptors (Lipinski definition) is 6. The highest BCUT2D eigenvalue weighted by molar-refractivity contribution is 5.73. The number of likely N-dealkylation sites (tertiary alicyclic amines) is 1. The number of pyridine rings is 1. The number of methoxy groups -OCH3 is 1. The normalized spacial score (nSPS) is 22.8. The average molecular weight is 452 g/mol. The number of halogens is 1. The molecule has 2 aromatic rings. The van der Waals surface area contributed by atoms with Gasteiger partial charge in [-0.25, -0.2) is 9.37 Å². The lowest BCUT2D eigenvalue weighted by Crippen LogP contribution is -2.53. The number of hydrogen-bond donors (Lipinski definition) is 1. The van der Waals surface area contributed by atoms with Crippen LogP contribution in [0.1, 0.15) is 36.6 Å². The van der Waals surface area contributed by atoms with E-state index in [0.717, 1.165) is 49.3 Å². The van der Waals surface area contributed by atoms with E-state index in [1.54, 1.807) is 19.2 Å². The zero-order valence-corrected chi connectivity index (χ0v) is 19.6. The van der Waals surface area contributed by atoms with Crippen molar-refractivity contribution in [3.8, 4) is 5.75 Å². The molecule has 33 heavy (non-hydrogen) atoms. The Balaban J connectivity index is 1.22. The zero-order chi connectivity index (χ0) is 22.8. The maximum absolute atomic E-state index is 14.5. The van der Waals surface area contributed by atoms with Gasteiger partial charge in [-0.2, -0.15) is 0 Å². The second kappa shape index (κ2) is 9.69. The zero-order valence-electron chi connectivity index (χ0n) is 19.6. The lowest BCUT2D eigenvalue weighted by Gasteiger charge is -2.42. The number of benzene rings is 1. The first-order chi connectivity index (χ1) is 16.1. The van der Waals surface area contributed by atoms with Crippen molar-refractivity contribution in [3.63, 3.8) is 0 Å². The number of aromatic nitrogens is 1. The van der Waals surface area contributed by atoms with Gasteiger partial charge in [0.05, 0.1) is 24.4 Å². The van der Waals surface area contributed by atoms with Crippen LogP contribution >= 0.6 is 0 Å². The second-order valence-corrected chi connectivity index (χ2v) is 9.39. The maximum Gasteiger partial charge on any atom is 0.134 e. The number of nitrogens with zero attached hydrogens (tertiary/aromatic N) is 4. The number of anilines is 1. The molecule has 2 fully saturated rings. The molecule has 1 aromatic heterocycles. The van der Waals surface area contributed by atoms with Crippen molar-refractivity contribution in [1.29, 1.82) is 0 Å². The minimum atomic E-state index is -0.257. The molecular weight excluding hydrogens is 417 g/mol. The van der Waals surface area contributed by atoms with E-state index >= 15 is 0 Å². The molecule has 0 radical (unpaired) electrons. The van der Waals surface area contributed by atoms with Gasteiger partial charge < -0.3 is 19.9 Å². The van der Waals surface area contributed by atoms with Crippen LogP contribution in [-0.2, 0) is 0 Å². The van der Waals surface area contributed by atoms with Crippen molar-refractivity contribution in [2.45, 2.75) is 31.3 Å². The summed E-state index contributed by atoms with van der Waals surface area (Å²) in [7, 11) is 3.80. The molecule has 0 bridgehead atoms. The third-order valence-corrected chi connectivity index (χ3v) is 7.35. The summed E-state index contributed by atoms with van der Waals surface area (Å²) in [5, 5.41) is 3.41. The standard InChI is InChI=1S/C26H34FN5O/c1-30-11-9-20(10-12-30)31-13-15-32(16-14-31)25-8-4-6-22(29-25)23-17-19(18-28-23)26-21(27)5-3-7-24(26)33-2/h3-8,18,20,23,28H,9-17H2,1-2H3. The molecule has 2 saturated heterocycles. The fourth-order valence-electron chi connectivity index (χ4n) is 5.38.